The largest absolute Gasteiger partial charge is 0.232 e. The number of rotatable bonds is 1. The summed E-state index contributed by atoms with van der Waals surface area (Å²) in [6, 6.07) is 12.1. The summed E-state index contributed by atoms with van der Waals surface area (Å²) >= 11 is 0. The van der Waals surface area contributed by atoms with Crippen LogP contribution < -0.4 is 0 Å². The summed E-state index contributed by atoms with van der Waals surface area (Å²) in [4.78, 5) is 0. The zero-order chi connectivity index (χ0) is 9.26. The van der Waals surface area contributed by atoms with Crippen LogP contribution in [-0.2, 0) is 11.7 Å². The first-order valence-electron chi connectivity index (χ1n) is 4.37. The van der Waals surface area contributed by atoms with Gasteiger partial charge in [-0.2, -0.15) is 0 Å². The van der Waals surface area contributed by atoms with Gasteiger partial charge >= 0.3 is 0 Å². The molecule has 0 saturated heterocycles. The van der Waals surface area contributed by atoms with E-state index in [-0.39, 0.29) is 6.61 Å². The van der Waals surface area contributed by atoms with E-state index in [1.165, 1.54) is 10.9 Å². The van der Waals surface area contributed by atoms with E-state index in [0.717, 1.165) is 10.9 Å². The second kappa shape index (κ2) is 3.19. The molecule has 1 radical (unpaired) electrons. The van der Waals surface area contributed by atoms with E-state index < -0.39 is 0 Å². The first-order valence-corrected chi connectivity index (χ1v) is 4.37. The van der Waals surface area contributed by atoms with Crippen molar-refractivity contribution in [3.05, 3.63) is 47.5 Å². The Balaban J connectivity index is 2.66. The van der Waals surface area contributed by atoms with Gasteiger partial charge in [-0.3, -0.25) is 0 Å². The van der Waals surface area contributed by atoms with Gasteiger partial charge in [-0.1, -0.05) is 35.9 Å². The highest BCUT2D eigenvalue weighted by Gasteiger charge is 1.95. The highest BCUT2D eigenvalue weighted by molar-refractivity contribution is 5.83. The highest BCUT2D eigenvalue weighted by Crippen LogP contribution is 2.17. The van der Waals surface area contributed by atoms with Gasteiger partial charge in [0.2, 0.25) is 0 Å². The third-order valence-corrected chi connectivity index (χ3v) is 2.23. The minimum absolute atomic E-state index is 0.135. The molecular formula is C12H11O. The maximum atomic E-state index is 10.6. The van der Waals surface area contributed by atoms with Crippen LogP contribution >= 0.6 is 0 Å². The van der Waals surface area contributed by atoms with Gasteiger partial charge < -0.3 is 0 Å². The summed E-state index contributed by atoms with van der Waals surface area (Å²) in [6.07, 6.45) is 0. The normalized spacial score (nSPS) is 10.6. The van der Waals surface area contributed by atoms with Gasteiger partial charge in [-0.25, -0.2) is 5.11 Å². The Labute approximate surface area is 77.6 Å². The van der Waals surface area contributed by atoms with Crippen LogP contribution in [0.4, 0.5) is 0 Å². The summed E-state index contributed by atoms with van der Waals surface area (Å²) in [5.74, 6) is 0. The van der Waals surface area contributed by atoms with E-state index in [1.807, 2.05) is 18.2 Å². The molecule has 2 rings (SSSR count). The fourth-order valence-corrected chi connectivity index (χ4v) is 1.50. The Morgan fingerprint density at radius 1 is 1.00 bits per heavy atom. The standard InChI is InChI=1S/C12H11O/c1-9-2-4-12-7-10(8-13)3-5-11(12)6-9/h2-7H,8H2,1H3. The number of fused-ring (bicyclic) bond motifs is 1. The van der Waals surface area contributed by atoms with Crippen LogP contribution in [0.1, 0.15) is 11.1 Å². The molecular weight excluding hydrogens is 160 g/mol. The third-order valence-electron chi connectivity index (χ3n) is 2.23. The number of aryl methyl sites for hydroxylation is 1. The van der Waals surface area contributed by atoms with E-state index >= 15 is 0 Å². The van der Waals surface area contributed by atoms with Crippen molar-refractivity contribution in [3.8, 4) is 0 Å². The fourth-order valence-electron chi connectivity index (χ4n) is 1.50. The van der Waals surface area contributed by atoms with Crippen molar-refractivity contribution < 1.29 is 5.11 Å². The molecule has 0 aliphatic heterocycles. The first-order chi connectivity index (χ1) is 6.29. The zero-order valence-electron chi connectivity index (χ0n) is 7.58. The summed E-state index contributed by atoms with van der Waals surface area (Å²) in [6.45, 7) is 1.94. The van der Waals surface area contributed by atoms with Crippen molar-refractivity contribution in [2.75, 3.05) is 0 Å². The molecule has 65 valence electrons. The topological polar surface area (TPSA) is 19.9 Å². The van der Waals surface area contributed by atoms with Gasteiger partial charge in [-0.15, -0.1) is 0 Å². The smallest absolute Gasteiger partial charge is 0.107 e. The van der Waals surface area contributed by atoms with E-state index in [2.05, 4.69) is 25.1 Å². The Morgan fingerprint density at radius 2 is 1.69 bits per heavy atom. The molecule has 0 bridgehead atoms. The molecule has 0 aromatic heterocycles. The molecule has 0 N–H and O–H groups in total. The molecule has 0 aliphatic rings. The second-order valence-corrected chi connectivity index (χ2v) is 3.33. The second-order valence-electron chi connectivity index (χ2n) is 3.33. The lowest BCUT2D eigenvalue weighted by Gasteiger charge is -2.00. The maximum Gasteiger partial charge on any atom is 0.107 e. The van der Waals surface area contributed by atoms with E-state index in [1.54, 1.807) is 0 Å². The van der Waals surface area contributed by atoms with Gasteiger partial charge in [0, 0.05) is 0 Å². The number of hydrogen-bond donors (Lipinski definition) is 0. The van der Waals surface area contributed by atoms with E-state index in [0.29, 0.717) is 0 Å². The van der Waals surface area contributed by atoms with Gasteiger partial charge in [0.05, 0.1) is 0 Å². The van der Waals surface area contributed by atoms with Crippen molar-refractivity contribution in [1.29, 1.82) is 0 Å². The van der Waals surface area contributed by atoms with Crippen LogP contribution in [0.2, 0.25) is 0 Å². The summed E-state index contributed by atoms with van der Waals surface area (Å²) in [5, 5.41) is 13.0. The molecule has 0 aliphatic carbocycles. The molecule has 0 fully saturated rings. The van der Waals surface area contributed by atoms with E-state index in [9.17, 15) is 5.11 Å². The minimum atomic E-state index is -0.135. The van der Waals surface area contributed by atoms with Gasteiger partial charge in [0.1, 0.15) is 6.61 Å². The van der Waals surface area contributed by atoms with Gasteiger partial charge in [-0.05, 0) is 29.3 Å². The average molecular weight is 171 g/mol. The molecule has 13 heavy (non-hydrogen) atoms. The minimum Gasteiger partial charge on any atom is -0.232 e. The van der Waals surface area contributed by atoms with Crippen molar-refractivity contribution in [2.45, 2.75) is 13.5 Å². The molecule has 0 atom stereocenters. The van der Waals surface area contributed by atoms with Crippen LogP contribution in [-0.4, -0.2) is 0 Å². The monoisotopic (exact) mass is 171 g/mol. The zero-order valence-corrected chi connectivity index (χ0v) is 7.58. The van der Waals surface area contributed by atoms with Crippen LogP contribution in [0.5, 0.6) is 0 Å². The van der Waals surface area contributed by atoms with Crippen molar-refractivity contribution >= 4 is 10.8 Å². The molecule has 0 amide bonds. The van der Waals surface area contributed by atoms with Gasteiger partial charge in [0.25, 0.3) is 0 Å². The molecule has 2 aromatic carbocycles. The number of hydrogen-bond acceptors (Lipinski definition) is 0. The van der Waals surface area contributed by atoms with Crippen molar-refractivity contribution in [3.63, 3.8) is 0 Å². The Hall–Kier alpha value is -1.34. The molecule has 0 saturated carbocycles. The predicted octanol–water partition coefficient (Wildman–Crippen LogP) is 3.08. The molecule has 0 heterocycles. The average Bonchev–Trinajstić information content (AvgIpc) is 2.17. The lowest BCUT2D eigenvalue weighted by atomic mass is 10.1. The van der Waals surface area contributed by atoms with Crippen LogP contribution in [0.3, 0.4) is 0 Å². The molecule has 0 spiro atoms. The first kappa shape index (κ1) is 8.27. The lowest BCUT2D eigenvalue weighted by molar-refractivity contribution is 0.177. The van der Waals surface area contributed by atoms with Crippen LogP contribution in [0, 0.1) is 6.92 Å². The van der Waals surface area contributed by atoms with Crippen LogP contribution in [0.15, 0.2) is 36.4 Å². The molecule has 1 nitrogen and oxygen atoms in total. The quantitative estimate of drug-likeness (QED) is 0.628. The molecule has 0 unspecified atom stereocenters. The summed E-state index contributed by atoms with van der Waals surface area (Å²) in [7, 11) is 0. The Morgan fingerprint density at radius 3 is 2.46 bits per heavy atom. The Bertz CT molecular complexity index is 432. The van der Waals surface area contributed by atoms with Crippen LogP contribution in [0.25, 0.3) is 10.8 Å². The molecule has 1 heteroatoms. The lowest BCUT2D eigenvalue weighted by Crippen LogP contribution is -1.81. The fraction of sp³-hybridized carbons (Fsp3) is 0.167. The summed E-state index contributed by atoms with van der Waals surface area (Å²) in [5.41, 5.74) is 2.11. The third kappa shape index (κ3) is 1.56. The van der Waals surface area contributed by atoms with Crippen molar-refractivity contribution in [1.82, 2.24) is 0 Å². The predicted molar refractivity (Wildman–Crippen MR) is 53.1 cm³/mol. The highest BCUT2D eigenvalue weighted by atomic mass is 16.3. The Kier molecular flexibility index (Phi) is 2.03. The maximum absolute atomic E-state index is 10.6. The number of benzene rings is 2. The van der Waals surface area contributed by atoms with E-state index in [4.69, 9.17) is 0 Å². The van der Waals surface area contributed by atoms with Crippen molar-refractivity contribution in [2.24, 2.45) is 0 Å². The summed E-state index contributed by atoms with van der Waals surface area (Å²) < 4.78 is 0. The SMILES string of the molecule is Cc1ccc2cc(C[O])ccc2c1. The molecule has 2 aromatic rings. The van der Waals surface area contributed by atoms with Gasteiger partial charge in [0.15, 0.2) is 0 Å².